The van der Waals surface area contributed by atoms with Crippen molar-refractivity contribution in [1.82, 2.24) is 0 Å². The van der Waals surface area contributed by atoms with Crippen LogP contribution >= 0.6 is 15.9 Å². The number of halogens is 1. The molecule has 0 radical (unpaired) electrons. The molecule has 1 aromatic rings. The van der Waals surface area contributed by atoms with Gasteiger partial charge in [0.25, 0.3) is 0 Å². The van der Waals surface area contributed by atoms with Crippen molar-refractivity contribution < 1.29 is 14.7 Å². The molecular formula is C11H9BrO3. The Morgan fingerprint density at radius 1 is 1.53 bits per heavy atom. The average Bonchev–Trinajstić information content (AvgIpc) is 2.40. The number of aliphatic hydroxyl groups is 1. The topological polar surface area (TPSA) is 54.4 Å². The van der Waals surface area contributed by atoms with Crippen molar-refractivity contribution in [2.24, 2.45) is 0 Å². The first-order chi connectivity index (χ1) is 6.95. The third-order valence-electron chi connectivity index (χ3n) is 2.72. The second-order valence-electron chi connectivity index (χ2n) is 3.72. The lowest BCUT2D eigenvalue weighted by Gasteiger charge is -2.15. The van der Waals surface area contributed by atoms with E-state index < -0.39 is 17.2 Å². The van der Waals surface area contributed by atoms with Gasteiger partial charge < -0.3 is 5.11 Å². The number of carbonyl (C=O) groups excluding carboxylic acids is 2. The maximum atomic E-state index is 11.8. The summed E-state index contributed by atoms with van der Waals surface area (Å²) in [5.74, 6) is -0.989. The molecule has 0 amide bonds. The zero-order valence-corrected chi connectivity index (χ0v) is 9.67. The maximum absolute atomic E-state index is 11.8. The van der Waals surface area contributed by atoms with Crippen LogP contribution in [0.2, 0.25) is 0 Å². The summed E-state index contributed by atoms with van der Waals surface area (Å²) in [6.07, 6.45) is 0.0793. The van der Waals surface area contributed by atoms with E-state index in [2.05, 4.69) is 15.9 Å². The van der Waals surface area contributed by atoms with E-state index in [1.54, 1.807) is 18.2 Å². The van der Waals surface area contributed by atoms with Gasteiger partial charge in [-0.05, 0) is 30.7 Å². The molecule has 0 spiro atoms. The van der Waals surface area contributed by atoms with Crippen LogP contribution in [0.3, 0.4) is 0 Å². The van der Waals surface area contributed by atoms with Crippen LogP contribution in [0.5, 0.6) is 0 Å². The molecule has 0 saturated carbocycles. The second kappa shape index (κ2) is 3.25. The van der Waals surface area contributed by atoms with Crippen molar-refractivity contribution in [3.05, 3.63) is 33.8 Å². The number of rotatable bonds is 1. The minimum Gasteiger partial charge on any atom is -0.374 e. The van der Waals surface area contributed by atoms with E-state index in [0.717, 1.165) is 4.47 Å². The minimum absolute atomic E-state index is 0.0793. The van der Waals surface area contributed by atoms with Crippen LogP contribution in [0.15, 0.2) is 22.7 Å². The molecule has 0 heterocycles. The van der Waals surface area contributed by atoms with Crippen molar-refractivity contribution in [3.8, 4) is 0 Å². The van der Waals surface area contributed by atoms with Crippen LogP contribution in [0.25, 0.3) is 0 Å². The molecular weight excluding hydrogens is 260 g/mol. The Balaban J connectivity index is 2.55. The fourth-order valence-electron chi connectivity index (χ4n) is 1.79. The summed E-state index contributed by atoms with van der Waals surface area (Å²) in [4.78, 5) is 23.0. The Kier molecular flexibility index (Phi) is 2.28. The van der Waals surface area contributed by atoms with Gasteiger partial charge in [-0.2, -0.15) is 0 Å². The van der Waals surface area contributed by atoms with Crippen molar-refractivity contribution >= 4 is 27.5 Å². The van der Waals surface area contributed by atoms with Gasteiger partial charge in [0.05, 0.1) is 0 Å². The van der Waals surface area contributed by atoms with Gasteiger partial charge in [0, 0.05) is 16.5 Å². The fraction of sp³-hybridized carbons (Fsp3) is 0.273. The zero-order chi connectivity index (χ0) is 11.2. The SMILES string of the molecule is CC(=O)[C@]1(O)Cc2cc(Br)ccc2C1=O. The summed E-state index contributed by atoms with van der Waals surface area (Å²) in [6.45, 7) is 1.23. The lowest BCUT2D eigenvalue weighted by Crippen LogP contribution is -2.43. The van der Waals surface area contributed by atoms with Gasteiger partial charge in [0.2, 0.25) is 5.78 Å². The van der Waals surface area contributed by atoms with Crippen LogP contribution in [0.4, 0.5) is 0 Å². The standard InChI is InChI=1S/C11H9BrO3/c1-6(13)11(15)5-7-4-8(12)2-3-9(7)10(11)14/h2-4,15H,5H2,1H3/t11-/m1/s1. The Hall–Kier alpha value is -1.00. The summed E-state index contributed by atoms with van der Waals surface area (Å²) < 4.78 is 0.835. The number of ketones is 2. The molecule has 78 valence electrons. The molecule has 1 aromatic carbocycles. The normalized spacial score (nSPS) is 24.1. The van der Waals surface area contributed by atoms with E-state index >= 15 is 0 Å². The first-order valence-corrected chi connectivity index (χ1v) is 5.31. The predicted molar refractivity (Wildman–Crippen MR) is 57.8 cm³/mol. The van der Waals surface area contributed by atoms with E-state index in [9.17, 15) is 14.7 Å². The van der Waals surface area contributed by atoms with Crippen LogP contribution in [-0.4, -0.2) is 22.3 Å². The monoisotopic (exact) mass is 268 g/mol. The van der Waals surface area contributed by atoms with E-state index in [-0.39, 0.29) is 6.42 Å². The first-order valence-electron chi connectivity index (χ1n) is 4.52. The molecule has 1 aliphatic rings. The number of carbonyl (C=O) groups is 2. The number of fused-ring (bicyclic) bond motifs is 1. The van der Waals surface area contributed by atoms with Gasteiger partial charge in [-0.25, -0.2) is 0 Å². The van der Waals surface area contributed by atoms with Gasteiger partial charge >= 0.3 is 0 Å². The summed E-state index contributed by atoms with van der Waals surface area (Å²) >= 11 is 3.28. The quantitative estimate of drug-likeness (QED) is 0.786. The smallest absolute Gasteiger partial charge is 0.202 e. The van der Waals surface area contributed by atoms with Gasteiger partial charge in [0.1, 0.15) is 0 Å². The van der Waals surface area contributed by atoms with Crippen molar-refractivity contribution in [3.63, 3.8) is 0 Å². The molecule has 1 atom stereocenters. The molecule has 2 rings (SSSR count). The van der Waals surface area contributed by atoms with E-state index in [0.29, 0.717) is 11.1 Å². The molecule has 1 aliphatic carbocycles. The summed E-state index contributed by atoms with van der Waals surface area (Å²) in [6, 6.07) is 5.11. The van der Waals surface area contributed by atoms with Gasteiger partial charge in [-0.15, -0.1) is 0 Å². The van der Waals surface area contributed by atoms with Gasteiger partial charge in [-0.1, -0.05) is 15.9 Å². The highest BCUT2D eigenvalue weighted by molar-refractivity contribution is 9.10. The molecule has 15 heavy (non-hydrogen) atoms. The molecule has 0 aromatic heterocycles. The fourth-order valence-corrected chi connectivity index (χ4v) is 2.20. The zero-order valence-electron chi connectivity index (χ0n) is 8.08. The van der Waals surface area contributed by atoms with Crippen LogP contribution in [-0.2, 0) is 11.2 Å². The molecule has 0 saturated heterocycles. The highest BCUT2D eigenvalue weighted by Gasteiger charge is 2.47. The third kappa shape index (κ3) is 1.44. The van der Waals surface area contributed by atoms with E-state index in [4.69, 9.17) is 0 Å². The molecule has 0 fully saturated rings. The number of hydrogen-bond acceptors (Lipinski definition) is 3. The molecule has 0 aliphatic heterocycles. The van der Waals surface area contributed by atoms with Crippen LogP contribution in [0, 0.1) is 0 Å². The Bertz CT molecular complexity index is 467. The van der Waals surface area contributed by atoms with Crippen LogP contribution in [0.1, 0.15) is 22.8 Å². The number of hydrogen-bond donors (Lipinski definition) is 1. The van der Waals surface area contributed by atoms with Gasteiger partial charge in [-0.3, -0.25) is 9.59 Å². The van der Waals surface area contributed by atoms with E-state index in [1.165, 1.54) is 6.92 Å². The van der Waals surface area contributed by atoms with Gasteiger partial charge in [0.15, 0.2) is 11.4 Å². The lowest BCUT2D eigenvalue weighted by molar-refractivity contribution is -0.130. The average molecular weight is 269 g/mol. The van der Waals surface area contributed by atoms with Crippen molar-refractivity contribution in [1.29, 1.82) is 0 Å². The van der Waals surface area contributed by atoms with Crippen molar-refractivity contribution in [2.75, 3.05) is 0 Å². The third-order valence-corrected chi connectivity index (χ3v) is 3.21. The molecule has 3 nitrogen and oxygen atoms in total. The molecule has 4 heteroatoms. The Morgan fingerprint density at radius 3 is 2.80 bits per heavy atom. The Labute approximate surface area is 95.2 Å². The van der Waals surface area contributed by atoms with Crippen molar-refractivity contribution in [2.45, 2.75) is 18.9 Å². The maximum Gasteiger partial charge on any atom is 0.202 e. The van der Waals surface area contributed by atoms with Crippen LogP contribution < -0.4 is 0 Å². The highest BCUT2D eigenvalue weighted by atomic mass is 79.9. The minimum atomic E-state index is -1.84. The highest BCUT2D eigenvalue weighted by Crippen LogP contribution is 2.32. The van der Waals surface area contributed by atoms with E-state index in [1.807, 2.05) is 0 Å². The summed E-state index contributed by atoms with van der Waals surface area (Å²) in [5, 5.41) is 9.93. The molecule has 0 bridgehead atoms. The Morgan fingerprint density at radius 2 is 2.20 bits per heavy atom. The first kappa shape index (κ1) is 10.5. The summed E-state index contributed by atoms with van der Waals surface area (Å²) in [5.41, 5.74) is -0.689. The molecule has 1 N–H and O–H groups in total. The predicted octanol–water partition coefficient (Wildman–Crippen LogP) is 1.51. The number of Topliss-reactive ketones (excluding diaryl/α,β-unsaturated/α-hetero) is 2. The molecule has 0 unspecified atom stereocenters. The lowest BCUT2D eigenvalue weighted by atomic mass is 9.95. The number of benzene rings is 1. The largest absolute Gasteiger partial charge is 0.374 e. The summed E-state index contributed by atoms with van der Waals surface area (Å²) in [7, 11) is 0. The second-order valence-corrected chi connectivity index (χ2v) is 4.64.